The molecular formula is C14H22N2O4. The predicted molar refractivity (Wildman–Crippen MR) is 77.2 cm³/mol. The molecule has 1 atom stereocenters. The fourth-order valence-electron chi connectivity index (χ4n) is 1.74. The predicted octanol–water partition coefficient (Wildman–Crippen LogP) is 1.95. The molecule has 20 heavy (non-hydrogen) atoms. The van der Waals surface area contributed by atoms with Crippen LogP contribution in [0.15, 0.2) is 12.1 Å². The number of nitro groups is 1. The van der Waals surface area contributed by atoms with Crippen molar-refractivity contribution in [1.82, 2.24) is 5.32 Å². The van der Waals surface area contributed by atoms with Crippen molar-refractivity contribution in [3.05, 3.63) is 33.4 Å². The quantitative estimate of drug-likeness (QED) is 0.590. The Balaban J connectivity index is 2.65. The molecule has 0 amide bonds. The van der Waals surface area contributed by atoms with E-state index in [0.29, 0.717) is 29.5 Å². The lowest BCUT2D eigenvalue weighted by Crippen LogP contribution is -2.35. The molecule has 0 spiro atoms. The molecule has 0 aliphatic carbocycles. The van der Waals surface area contributed by atoms with Crippen LogP contribution in [0.4, 0.5) is 5.69 Å². The fraction of sp³-hybridized carbons (Fsp3) is 0.571. The Kier molecular flexibility index (Phi) is 5.91. The zero-order valence-electron chi connectivity index (χ0n) is 12.3. The van der Waals surface area contributed by atoms with Crippen molar-refractivity contribution in [3.8, 4) is 5.75 Å². The van der Waals surface area contributed by atoms with Crippen LogP contribution in [0.2, 0.25) is 0 Å². The van der Waals surface area contributed by atoms with Gasteiger partial charge in [0.15, 0.2) is 0 Å². The van der Waals surface area contributed by atoms with E-state index in [9.17, 15) is 15.2 Å². The van der Waals surface area contributed by atoms with Crippen LogP contribution in [0.3, 0.4) is 0 Å². The van der Waals surface area contributed by atoms with E-state index < -0.39 is 11.0 Å². The molecule has 0 saturated carbocycles. The maximum Gasteiger partial charge on any atom is 0.272 e. The molecule has 0 aliphatic rings. The standard InChI is InChI=1S/C14H22N2O4/c1-9(2)15-7-12(17)8-20-14-6-10(3)13(16(18)19)5-11(14)4/h5-6,9,12,15,17H,7-8H2,1-4H3. The van der Waals surface area contributed by atoms with Gasteiger partial charge in [-0.2, -0.15) is 0 Å². The topological polar surface area (TPSA) is 84.6 Å². The van der Waals surface area contributed by atoms with Gasteiger partial charge in [-0.1, -0.05) is 13.8 Å². The number of rotatable bonds is 7. The van der Waals surface area contributed by atoms with Gasteiger partial charge in [0.2, 0.25) is 0 Å². The number of nitrogens with one attached hydrogen (secondary N) is 1. The summed E-state index contributed by atoms with van der Waals surface area (Å²) < 4.78 is 5.53. The van der Waals surface area contributed by atoms with Gasteiger partial charge in [-0.15, -0.1) is 0 Å². The number of aliphatic hydroxyl groups is 1. The van der Waals surface area contributed by atoms with Gasteiger partial charge >= 0.3 is 0 Å². The number of nitrogens with zero attached hydrogens (tertiary/aromatic N) is 1. The SMILES string of the molecule is Cc1cc([N+](=O)[O-])c(C)cc1OCC(O)CNC(C)C. The van der Waals surface area contributed by atoms with Crippen molar-refractivity contribution < 1.29 is 14.8 Å². The largest absolute Gasteiger partial charge is 0.491 e. The second-order valence-corrected chi connectivity index (χ2v) is 5.19. The average Bonchev–Trinajstić information content (AvgIpc) is 2.36. The monoisotopic (exact) mass is 282 g/mol. The van der Waals surface area contributed by atoms with Gasteiger partial charge in [0.1, 0.15) is 18.5 Å². The van der Waals surface area contributed by atoms with Crippen molar-refractivity contribution in [2.45, 2.75) is 39.8 Å². The number of hydrogen-bond donors (Lipinski definition) is 2. The molecule has 1 aromatic carbocycles. The molecule has 0 saturated heterocycles. The normalized spacial score (nSPS) is 12.5. The highest BCUT2D eigenvalue weighted by Gasteiger charge is 2.15. The third-order valence-electron chi connectivity index (χ3n) is 2.88. The minimum Gasteiger partial charge on any atom is -0.491 e. The van der Waals surface area contributed by atoms with Crippen LogP contribution < -0.4 is 10.1 Å². The second-order valence-electron chi connectivity index (χ2n) is 5.19. The minimum absolute atomic E-state index is 0.0804. The number of benzene rings is 1. The Morgan fingerprint density at radius 1 is 1.35 bits per heavy atom. The molecule has 0 aromatic heterocycles. The Morgan fingerprint density at radius 3 is 2.55 bits per heavy atom. The van der Waals surface area contributed by atoms with Gasteiger partial charge in [0.05, 0.1) is 4.92 Å². The zero-order valence-corrected chi connectivity index (χ0v) is 12.3. The fourth-order valence-corrected chi connectivity index (χ4v) is 1.74. The zero-order chi connectivity index (χ0) is 15.3. The van der Waals surface area contributed by atoms with Crippen LogP contribution in [0.25, 0.3) is 0 Å². The van der Waals surface area contributed by atoms with Crippen LogP contribution in [0, 0.1) is 24.0 Å². The highest BCUT2D eigenvalue weighted by atomic mass is 16.6. The van der Waals surface area contributed by atoms with Crippen LogP contribution in [-0.4, -0.2) is 35.3 Å². The van der Waals surface area contributed by atoms with E-state index in [0.717, 1.165) is 0 Å². The summed E-state index contributed by atoms with van der Waals surface area (Å²) in [6, 6.07) is 3.42. The Bertz CT molecular complexity index is 474. The molecule has 0 fully saturated rings. The number of nitro benzene ring substituents is 1. The molecule has 0 bridgehead atoms. The first-order valence-corrected chi connectivity index (χ1v) is 6.61. The first-order valence-electron chi connectivity index (χ1n) is 6.61. The molecule has 112 valence electrons. The molecule has 0 radical (unpaired) electrons. The lowest BCUT2D eigenvalue weighted by molar-refractivity contribution is -0.385. The van der Waals surface area contributed by atoms with E-state index in [4.69, 9.17) is 4.74 Å². The Labute approximate surface area is 118 Å². The van der Waals surface area contributed by atoms with Crippen molar-refractivity contribution in [3.63, 3.8) is 0 Å². The van der Waals surface area contributed by atoms with Crippen LogP contribution in [0.1, 0.15) is 25.0 Å². The molecule has 6 heteroatoms. The van der Waals surface area contributed by atoms with Gasteiger partial charge < -0.3 is 15.2 Å². The summed E-state index contributed by atoms with van der Waals surface area (Å²) in [5, 5.41) is 23.7. The van der Waals surface area contributed by atoms with E-state index in [1.807, 2.05) is 13.8 Å². The van der Waals surface area contributed by atoms with Gasteiger partial charge in [-0.05, 0) is 25.5 Å². The van der Waals surface area contributed by atoms with E-state index >= 15 is 0 Å². The first-order chi connectivity index (χ1) is 9.31. The van der Waals surface area contributed by atoms with Crippen LogP contribution in [-0.2, 0) is 0 Å². The maximum absolute atomic E-state index is 10.8. The summed E-state index contributed by atoms with van der Waals surface area (Å²) >= 11 is 0. The Hall–Kier alpha value is -1.66. The summed E-state index contributed by atoms with van der Waals surface area (Å²) in [5.74, 6) is 0.566. The summed E-state index contributed by atoms with van der Waals surface area (Å²) in [6.45, 7) is 8.01. The van der Waals surface area contributed by atoms with Crippen LogP contribution >= 0.6 is 0 Å². The van der Waals surface area contributed by atoms with Crippen molar-refractivity contribution in [1.29, 1.82) is 0 Å². The van der Waals surface area contributed by atoms with E-state index in [1.165, 1.54) is 6.07 Å². The highest BCUT2D eigenvalue weighted by molar-refractivity contribution is 5.49. The average molecular weight is 282 g/mol. The van der Waals surface area contributed by atoms with Crippen molar-refractivity contribution >= 4 is 5.69 Å². The maximum atomic E-state index is 10.8. The summed E-state index contributed by atoms with van der Waals surface area (Å²) in [7, 11) is 0. The molecule has 6 nitrogen and oxygen atoms in total. The van der Waals surface area contributed by atoms with Gasteiger partial charge in [0.25, 0.3) is 5.69 Å². The third kappa shape index (κ3) is 4.79. The number of ether oxygens (including phenoxy) is 1. The Morgan fingerprint density at radius 2 is 2.00 bits per heavy atom. The highest BCUT2D eigenvalue weighted by Crippen LogP contribution is 2.27. The van der Waals surface area contributed by atoms with Crippen LogP contribution in [0.5, 0.6) is 5.75 Å². The van der Waals surface area contributed by atoms with Gasteiger partial charge in [-0.3, -0.25) is 10.1 Å². The number of hydrogen-bond acceptors (Lipinski definition) is 5. The molecule has 0 aliphatic heterocycles. The minimum atomic E-state index is -0.618. The molecular weight excluding hydrogens is 260 g/mol. The lowest BCUT2D eigenvalue weighted by Gasteiger charge is -2.16. The lowest BCUT2D eigenvalue weighted by atomic mass is 10.1. The third-order valence-corrected chi connectivity index (χ3v) is 2.88. The molecule has 1 aromatic rings. The number of aliphatic hydroxyl groups excluding tert-OH is 1. The summed E-state index contributed by atoms with van der Waals surface area (Å²) in [6.07, 6.45) is -0.618. The van der Waals surface area contributed by atoms with E-state index in [2.05, 4.69) is 5.32 Å². The van der Waals surface area contributed by atoms with E-state index in [1.54, 1.807) is 19.9 Å². The van der Waals surface area contributed by atoms with Crippen molar-refractivity contribution in [2.24, 2.45) is 0 Å². The van der Waals surface area contributed by atoms with Crippen molar-refractivity contribution in [2.75, 3.05) is 13.2 Å². The molecule has 1 rings (SSSR count). The summed E-state index contributed by atoms with van der Waals surface area (Å²) in [5.41, 5.74) is 1.31. The number of aryl methyl sites for hydroxylation is 2. The van der Waals surface area contributed by atoms with E-state index in [-0.39, 0.29) is 12.3 Å². The second kappa shape index (κ2) is 7.21. The molecule has 1 unspecified atom stereocenters. The summed E-state index contributed by atoms with van der Waals surface area (Å²) in [4.78, 5) is 10.4. The molecule has 0 heterocycles. The molecule has 2 N–H and O–H groups in total. The first kappa shape index (κ1) is 16.4. The van der Waals surface area contributed by atoms with Gasteiger partial charge in [0, 0.05) is 24.2 Å². The smallest absolute Gasteiger partial charge is 0.272 e. The van der Waals surface area contributed by atoms with Gasteiger partial charge in [-0.25, -0.2) is 0 Å².